The maximum absolute atomic E-state index is 14.4. The zero-order valence-electron chi connectivity index (χ0n) is 19.1. The maximum atomic E-state index is 14.4. The monoisotopic (exact) mass is 541 g/mol. The molecular weight excluding hydrogens is 517 g/mol. The molecule has 182 valence electrons. The molecule has 0 spiro atoms. The summed E-state index contributed by atoms with van der Waals surface area (Å²) >= 11 is 3.24. The van der Waals surface area contributed by atoms with Gasteiger partial charge in [-0.25, -0.2) is 14.4 Å². The highest BCUT2D eigenvalue weighted by Gasteiger charge is 2.30. The molecule has 0 saturated carbocycles. The van der Waals surface area contributed by atoms with Gasteiger partial charge in [0, 0.05) is 21.8 Å². The second-order valence-corrected chi connectivity index (χ2v) is 9.18. The zero-order valence-corrected chi connectivity index (χ0v) is 20.7. The first-order valence-corrected chi connectivity index (χ1v) is 12.0. The molecule has 1 atom stereocenters. The molecule has 10 heteroatoms. The van der Waals surface area contributed by atoms with Crippen molar-refractivity contribution in [2.45, 2.75) is 25.9 Å². The van der Waals surface area contributed by atoms with Crippen LogP contribution in [0.3, 0.4) is 0 Å². The number of rotatable bonds is 8. The lowest BCUT2D eigenvalue weighted by Gasteiger charge is -2.30. The second kappa shape index (κ2) is 10.9. The van der Waals surface area contributed by atoms with Crippen molar-refractivity contribution in [2.75, 3.05) is 23.7 Å². The number of carbonyl (C=O) groups excluding carboxylic acids is 2. The number of benzene rings is 2. The van der Waals surface area contributed by atoms with Gasteiger partial charge in [0.15, 0.2) is 11.9 Å². The first kappa shape index (κ1) is 24.7. The van der Waals surface area contributed by atoms with Crippen LogP contribution in [-0.2, 0) is 9.59 Å². The minimum Gasteiger partial charge on any atom is -0.480 e. The number of aromatic nitrogens is 2. The first-order valence-electron chi connectivity index (χ1n) is 11.2. The van der Waals surface area contributed by atoms with Crippen LogP contribution in [-0.4, -0.2) is 40.9 Å². The number of fused-ring (bicyclic) bond motifs is 1. The highest BCUT2D eigenvalue weighted by molar-refractivity contribution is 9.10. The van der Waals surface area contributed by atoms with Crippen LogP contribution in [0.15, 0.2) is 53.8 Å². The molecule has 1 unspecified atom stereocenters. The van der Waals surface area contributed by atoms with Crippen molar-refractivity contribution in [3.05, 3.63) is 59.6 Å². The summed E-state index contributed by atoms with van der Waals surface area (Å²) in [6.07, 6.45) is 3.44. The number of ketones is 1. The Kier molecular flexibility index (Phi) is 7.72. The quantitative estimate of drug-likeness (QED) is 0.354. The van der Waals surface area contributed by atoms with Gasteiger partial charge in [-0.3, -0.25) is 9.59 Å². The molecule has 1 aliphatic heterocycles. The molecule has 3 aromatic rings. The Morgan fingerprint density at radius 1 is 1.23 bits per heavy atom. The Morgan fingerprint density at radius 2 is 2.00 bits per heavy atom. The van der Waals surface area contributed by atoms with Crippen LogP contribution < -0.4 is 20.7 Å². The van der Waals surface area contributed by atoms with Crippen molar-refractivity contribution >= 4 is 55.7 Å². The highest BCUT2D eigenvalue weighted by Crippen LogP contribution is 2.36. The van der Waals surface area contributed by atoms with Gasteiger partial charge in [0.25, 0.3) is 0 Å². The lowest BCUT2D eigenvalue weighted by Crippen LogP contribution is -2.40. The number of halogens is 2. The van der Waals surface area contributed by atoms with E-state index in [1.54, 1.807) is 24.3 Å². The van der Waals surface area contributed by atoms with E-state index in [0.717, 1.165) is 32.0 Å². The molecule has 8 nitrogen and oxygen atoms in total. The number of carbonyl (C=O) groups is 2. The summed E-state index contributed by atoms with van der Waals surface area (Å²) in [7, 11) is 0. The Balaban J connectivity index is 1.75. The number of hydrogen-bond donors (Lipinski definition) is 3. The minimum atomic E-state index is -0.662. The average Bonchev–Trinajstić information content (AvgIpc) is 2.84. The Labute approximate surface area is 210 Å². The molecule has 1 amide bonds. The summed E-state index contributed by atoms with van der Waals surface area (Å²) < 4.78 is 21.3. The van der Waals surface area contributed by atoms with E-state index in [2.05, 4.69) is 48.4 Å². The number of hydrogen-bond acceptors (Lipinski definition) is 7. The Bertz CT molecular complexity index is 1280. The van der Waals surface area contributed by atoms with Crippen LogP contribution in [0, 0.1) is 11.7 Å². The minimum absolute atomic E-state index is 0.0513. The van der Waals surface area contributed by atoms with Crippen molar-refractivity contribution < 1.29 is 18.7 Å². The van der Waals surface area contributed by atoms with Crippen LogP contribution in [0.1, 0.15) is 19.8 Å². The smallest absolute Gasteiger partial charge is 0.247 e. The number of nitrogens with one attached hydrogen (secondary N) is 3. The third kappa shape index (κ3) is 5.83. The van der Waals surface area contributed by atoms with E-state index in [-0.39, 0.29) is 17.4 Å². The normalized spacial score (nSPS) is 14.8. The number of anilines is 3. The molecule has 0 radical (unpaired) electrons. The van der Waals surface area contributed by atoms with Crippen molar-refractivity contribution in [2.24, 2.45) is 5.92 Å². The molecule has 35 heavy (non-hydrogen) atoms. The van der Waals surface area contributed by atoms with Crippen molar-refractivity contribution in [3.8, 4) is 5.75 Å². The molecule has 1 saturated heterocycles. The lowest BCUT2D eigenvalue weighted by molar-refractivity contribution is -0.126. The molecular formula is C25H25BrFN5O3. The van der Waals surface area contributed by atoms with Crippen molar-refractivity contribution in [3.63, 3.8) is 0 Å². The van der Waals surface area contributed by atoms with Gasteiger partial charge in [0.1, 0.15) is 23.7 Å². The Morgan fingerprint density at radius 3 is 2.69 bits per heavy atom. The molecule has 2 aromatic carbocycles. The standard InChI is InChI=1S/C25H25BrFN5O3/c1-3-23(34)31-21-11-17-20(12-22(21)35-24(14(2)33)15-6-8-28-9-7-15)29-13-30-25(17)32-19-5-4-16(26)10-18(19)27/h3-5,10-13,15,24,28H,1,6-9H2,2H3,(H,31,34)(H,29,30,32). The van der Waals surface area contributed by atoms with E-state index in [1.165, 1.54) is 19.3 Å². The summed E-state index contributed by atoms with van der Waals surface area (Å²) in [6, 6.07) is 7.93. The van der Waals surface area contributed by atoms with Crippen LogP contribution in [0.4, 0.5) is 21.6 Å². The van der Waals surface area contributed by atoms with Crippen molar-refractivity contribution in [1.82, 2.24) is 15.3 Å². The van der Waals surface area contributed by atoms with Crippen LogP contribution in [0.25, 0.3) is 10.9 Å². The second-order valence-electron chi connectivity index (χ2n) is 8.27. The van der Waals surface area contributed by atoms with E-state index in [9.17, 15) is 14.0 Å². The fourth-order valence-corrected chi connectivity index (χ4v) is 4.41. The fraction of sp³-hybridized carbons (Fsp3) is 0.280. The number of Topliss-reactive ketones (excluding diaryl/α,β-unsaturated/α-hetero) is 1. The van der Waals surface area contributed by atoms with E-state index >= 15 is 0 Å². The predicted octanol–water partition coefficient (Wildman–Crippen LogP) is 4.74. The topological polar surface area (TPSA) is 105 Å². The first-order chi connectivity index (χ1) is 16.9. The van der Waals surface area contributed by atoms with E-state index in [4.69, 9.17) is 4.74 Å². The molecule has 1 fully saturated rings. The van der Waals surface area contributed by atoms with Gasteiger partial charge in [-0.05, 0) is 63.2 Å². The molecule has 3 N–H and O–H groups in total. The maximum Gasteiger partial charge on any atom is 0.247 e. The summed E-state index contributed by atoms with van der Waals surface area (Å²) in [4.78, 5) is 33.3. The van der Waals surface area contributed by atoms with E-state index in [0.29, 0.717) is 32.6 Å². The Hall–Kier alpha value is -3.37. The van der Waals surface area contributed by atoms with Gasteiger partial charge < -0.3 is 20.7 Å². The fourth-order valence-electron chi connectivity index (χ4n) is 4.08. The summed E-state index contributed by atoms with van der Waals surface area (Å²) in [5.41, 5.74) is 1.06. The molecule has 0 bridgehead atoms. The number of ether oxygens (including phenoxy) is 1. The summed E-state index contributed by atoms with van der Waals surface area (Å²) in [5, 5.41) is 9.54. The summed E-state index contributed by atoms with van der Waals surface area (Å²) in [6.45, 7) is 6.63. The van der Waals surface area contributed by atoms with Gasteiger partial charge in [-0.1, -0.05) is 22.5 Å². The van der Waals surface area contributed by atoms with E-state index < -0.39 is 17.8 Å². The number of piperidine rings is 1. The third-order valence-corrected chi connectivity index (χ3v) is 6.32. The van der Waals surface area contributed by atoms with Crippen LogP contribution >= 0.6 is 15.9 Å². The molecule has 2 heterocycles. The van der Waals surface area contributed by atoms with Crippen LogP contribution in [0.2, 0.25) is 0 Å². The van der Waals surface area contributed by atoms with Gasteiger partial charge >= 0.3 is 0 Å². The van der Waals surface area contributed by atoms with Crippen LogP contribution in [0.5, 0.6) is 5.75 Å². The van der Waals surface area contributed by atoms with Gasteiger partial charge in [-0.15, -0.1) is 0 Å². The largest absolute Gasteiger partial charge is 0.480 e. The summed E-state index contributed by atoms with van der Waals surface area (Å²) in [5.74, 6) is -0.285. The molecule has 4 rings (SSSR count). The van der Waals surface area contributed by atoms with Gasteiger partial charge in [0.2, 0.25) is 5.91 Å². The molecule has 0 aliphatic carbocycles. The predicted molar refractivity (Wildman–Crippen MR) is 136 cm³/mol. The molecule has 1 aliphatic rings. The van der Waals surface area contributed by atoms with Crippen molar-refractivity contribution in [1.29, 1.82) is 0 Å². The lowest BCUT2D eigenvalue weighted by atomic mass is 9.90. The van der Waals surface area contributed by atoms with Gasteiger partial charge in [0.05, 0.1) is 16.9 Å². The SMILES string of the molecule is C=CC(=O)Nc1cc2c(Nc3ccc(Br)cc3F)ncnc2cc1OC(C(C)=O)C1CCNCC1. The third-order valence-electron chi connectivity index (χ3n) is 5.83. The average molecular weight is 542 g/mol. The molecule has 1 aromatic heterocycles. The highest BCUT2D eigenvalue weighted by atomic mass is 79.9. The van der Waals surface area contributed by atoms with E-state index in [1.807, 2.05) is 0 Å². The number of nitrogens with zero attached hydrogens (tertiary/aromatic N) is 2. The zero-order chi connectivity index (χ0) is 24.9. The number of amides is 1. The van der Waals surface area contributed by atoms with Gasteiger partial charge in [-0.2, -0.15) is 0 Å².